The van der Waals surface area contributed by atoms with Crippen molar-refractivity contribution >= 4 is 47.1 Å². The van der Waals surface area contributed by atoms with Crippen LogP contribution in [0.4, 0.5) is 5.69 Å². The quantitative estimate of drug-likeness (QED) is 0.327. The van der Waals surface area contributed by atoms with Crippen LogP contribution in [0.25, 0.3) is 11.6 Å². The summed E-state index contributed by atoms with van der Waals surface area (Å²) in [5.41, 5.74) is 2.92. The lowest BCUT2D eigenvalue weighted by molar-refractivity contribution is -0.144. The van der Waals surface area contributed by atoms with Gasteiger partial charge < -0.3 is 30.2 Å². The Labute approximate surface area is 200 Å². The molecule has 2 amide bonds. The number of methoxy groups -OCH3 is 2. The summed E-state index contributed by atoms with van der Waals surface area (Å²) in [4.78, 5) is 63.6. The summed E-state index contributed by atoms with van der Waals surface area (Å²) < 4.78 is 9.31. The van der Waals surface area contributed by atoms with Crippen molar-refractivity contribution in [1.29, 1.82) is 0 Å². The number of fused-ring (bicyclic) bond motifs is 1. The molecule has 0 unspecified atom stereocenters. The molecular weight excluding hydrogens is 458 g/mol. The van der Waals surface area contributed by atoms with E-state index < -0.39 is 35.8 Å². The number of aromatic amines is 1. The summed E-state index contributed by atoms with van der Waals surface area (Å²) >= 11 is 0. The van der Waals surface area contributed by atoms with Crippen LogP contribution in [-0.2, 0) is 23.9 Å². The second kappa shape index (κ2) is 10.2. The third kappa shape index (κ3) is 5.24. The lowest BCUT2D eigenvalue weighted by Gasteiger charge is -2.16. The van der Waals surface area contributed by atoms with Gasteiger partial charge in [-0.2, -0.15) is 0 Å². The number of anilines is 1. The minimum atomic E-state index is -1.12. The highest BCUT2D eigenvalue weighted by molar-refractivity contribution is 6.35. The monoisotopic (exact) mass is 483 g/mol. The molecule has 3 rings (SSSR count). The van der Waals surface area contributed by atoms with Crippen molar-refractivity contribution in [2.45, 2.75) is 32.7 Å². The van der Waals surface area contributed by atoms with Gasteiger partial charge in [-0.25, -0.2) is 9.59 Å². The lowest BCUT2D eigenvalue weighted by Crippen LogP contribution is -2.42. The van der Waals surface area contributed by atoms with Crippen LogP contribution in [0.2, 0.25) is 0 Å². The number of nitrogens with one attached hydrogen (secondary N) is 3. The van der Waals surface area contributed by atoms with E-state index in [9.17, 15) is 29.1 Å². The van der Waals surface area contributed by atoms with E-state index in [4.69, 9.17) is 4.74 Å². The molecule has 1 aliphatic heterocycles. The average Bonchev–Trinajstić information content (AvgIpc) is 3.29. The first-order valence-electron chi connectivity index (χ1n) is 10.6. The molecule has 11 nitrogen and oxygen atoms in total. The van der Waals surface area contributed by atoms with E-state index in [-0.39, 0.29) is 29.5 Å². The van der Waals surface area contributed by atoms with Crippen molar-refractivity contribution in [3.63, 3.8) is 0 Å². The number of H-pyrrole nitrogens is 1. The predicted molar refractivity (Wildman–Crippen MR) is 125 cm³/mol. The highest BCUT2D eigenvalue weighted by atomic mass is 16.5. The molecule has 35 heavy (non-hydrogen) atoms. The molecule has 0 radical (unpaired) electrons. The van der Waals surface area contributed by atoms with Crippen LogP contribution in [0.15, 0.2) is 18.2 Å². The number of aryl methyl sites for hydroxylation is 1. The Morgan fingerprint density at radius 2 is 1.86 bits per heavy atom. The van der Waals surface area contributed by atoms with E-state index in [2.05, 4.69) is 20.4 Å². The number of esters is 2. The van der Waals surface area contributed by atoms with Gasteiger partial charge in [-0.1, -0.05) is 0 Å². The van der Waals surface area contributed by atoms with Crippen molar-refractivity contribution in [3.05, 3.63) is 51.8 Å². The van der Waals surface area contributed by atoms with Crippen LogP contribution in [-0.4, -0.2) is 60.1 Å². The van der Waals surface area contributed by atoms with Crippen LogP contribution in [0.1, 0.15) is 56.1 Å². The summed E-state index contributed by atoms with van der Waals surface area (Å²) in [6.45, 7) is 3.34. The van der Waals surface area contributed by atoms with Gasteiger partial charge >= 0.3 is 17.9 Å². The molecule has 0 saturated carbocycles. The number of hydrogen-bond acceptors (Lipinski definition) is 7. The van der Waals surface area contributed by atoms with Gasteiger partial charge in [0.2, 0.25) is 0 Å². The zero-order valence-corrected chi connectivity index (χ0v) is 19.6. The number of ether oxygens (including phenoxy) is 2. The van der Waals surface area contributed by atoms with E-state index in [1.54, 1.807) is 19.9 Å². The van der Waals surface area contributed by atoms with Crippen molar-refractivity contribution in [2.24, 2.45) is 0 Å². The first-order valence-corrected chi connectivity index (χ1v) is 10.6. The summed E-state index contributed by atoms with van der Waals surface area (Å²) in [5.74, 6) is -3.33. The van der Waals surface area contributed by atoms with Crippen LogP contribution in [0, 0.1) is 13.8 Å². The van der Waals surface area contributed by atoms with Gasteiger partial charge in [-0.3, -0.25) is 14.4 Å². The average molecular weight is 483 g/mol. The third-order valence-corrected chi connectivity index (χ3v) is 5.70. The molecule has 4 N–H and O–H groups in total. The second-order valence-electron chi connectivity index (χ2n) is 7.91. The molecule has 0 spiro atoms. The second-order valence-corrected chi connectivity index (χ2v) is 7.91. The number of carboxylic acid groups (broad SMARTS) is 1. The van der Waals surface area contributed by atoms with Gasteiger partial charge in [0.25, 0.3) is 11.8 Å². The minimum absolute atomic E-state index is 0.00657. The third-order valence-electron chi connectivity index (χ3n) is 5.70. The topological polar surface area (TPSA) is 164 Å². The molecule has 184 valence electrons. The van der Waals surface area contributed by atoms with E-state index in [1.807, 2.05) is 0 Å². The number of rotatable bonds is 8. The number of amides is 2. The van der Waals surface area contributed by atoms with Crippen LogP contribution < -0.4 is 10.6 Å². The molecule has 0 aliphatic carbocycles. The van der Waals surface area contributed by atoms with E-state index in [1.165, 1.54) is 32.4 Å². The van der Waals surface area contributed by atoms with Gasteiger partial charge in [0.1, 0.15) is 6.04 Å². The van der Waals surface area contributed by atoms with Crippen LogP contribution in [0.3, 0.4) is 0 Å². The van der Waals surface area contributed by atoms with E-state index in [0.29, 0.717) is 28.2 Å². The van der Waals surface area contributed by atoms with Gasteiger partial charge in [-0.15, -0.1) is 0 Å². The molecule has 2 heterocycles. The Hall–Kier alpha value is -4.41. The SMILES string of the molecule is COC(=O)CC[C@@H](NC(=O)c1c(C)[nH]c(/C=C2\C(=O)Nc3ccc(C(=O)O)cc32)c1C)C(=O)OC. The number of hydrogen-bond donors (Lipinski definition) is 4. The fourth-order valence-corrected chi connectivity index (χ4v) is 3.85. The maximum atomic E-state index is 13.0. The predicted octanol–water partition coefficient (Wildman–Crippen LogP) is 2.05. The highest BCUT2D eigenvalue weighted by Gasteiger charge is 2.28. The maximum Gasteiger partial charge on any atom is 0.335 e. The Kier molecular flexibility index (Phi) is 7.38. The van der Waals surface area contributed by atoms with Crippen molar-refractivity contribution in [2.75, 3.05) is 19.5 Å². The molecule has 1 aliphatic rings. The zero-order chi connectivity index (χ0) is 25.9. The minimum Gasteiger partial charge on any atom is -0.478 e. The molecule has 2 aromatic rings. The highest BCUT2D eigenvalue weighted by Crippen LogP contribution is 2.34. The standard InChI is InChI=1S/C24H25N3O8/c1-11-18(10-15-14-9-13(23(31)32)5-6-16(14)26-21(15)29)25-12(2)20(11)22(30)27-17(24(33)35-4)7-8-19(28)34-3/h5-6,9-10,17,25H,7-8H2,1-4H3,(H,26,29)(H,27,30)(H,31,32)/b15-10-/t17-/m1/s1. The first-order chi connectivity index (χ1) is 16.6. The number of benzene rings is 1. The number of aromatic nitrogens is 1. The first kappa shape index (κ1) is 25.2. The molecule has 1 aromatic heterocycles. The lowest BCUT2D eigenvalue weighted by atomic mass is 10.0. The van der Waals surface area contributed by atoms with Crippen molar-refractivity contribution < 1.29 is 38.6 Å². The van der Waals surface area contributed by atoms with E-state index >= 15 is 0 Å². The Bertz CT molecular complexity index is 1260. The molecule has 0 saturated heterocycles. The van der Waals surface area contributed by atoms with Crippen LogP contribution in [0.5, 0.6) is 0 Å². The molecular formula is C24H25N3O8. The number of aromatic carboxylic acids is 1. The summed E-state index contributed by atoms with van der Waals surface area (Å²) in [7, 11) is 2.40. The summed E-state index contributed by atoms with van der Waals surface area (Å²) in [6.07, 6.45) is 1.44. The molecule has 1 atom stereocenters. The molecule has 1 aromatic carbocycles. The van der Waals surface area contributed by atoms with Crippen molar-refractivity contribution in [1.82, 2.24) is 10.3 Å². The van der Waals surface area contributed by atoms with Gasteiger partial charge in [0, 0.05) is 29.1 Å². The normalized spacial score (nSPS) is 14.2. The Balaban J connectivity index is 1.91. The Morgan fingerprint density at radius 3 is 2.49 bits per heavy atom. The van der Waals surface area contributed by atoms with E-state index in [0.717, 1.165) is 0 Å². The number of carbonyl (C=O) groups is 5. The fraction of sp³-hybridized carbons (Fsp3) is 0.292. The van der Waals surface area contributed by atoms with Gasteiger partial charge in [-0.05, 0) is 50.1 Å². The fourth-order valence-electron chi connectivity index (χ4n) is 3.85. The molecule has 0 fully saturated rings. The maximum absolute atomic E-state index is 13.0. The molecule has 0 bridgehead atoms. The van der Waals surface area contributed by atoms with Gasteiger partial charge in [0.05, 0.1) is 30.9 Å². The zero-order valence-electron chi connectivity index (χ0n) is 19.6. The summed E-state index contributed by atoms with van der Waals surface area (Å²) in [5, 5.41) is 14.6. The van der Waals surface area contributed by atoms with Gasteiger partial charge in [0.15, 0.2) is 0 Å². The Morgan fingerprint density at radius 1 is 1.14 bits per heavy atom. The van der Waals surface area contributed by atoms with Crippen LogP contribution >= 0.6 is 0 Å². The smallest absolute Gasteiger partial charge is 0.335 e. The number of carbonyl (C=O) groups excluding carboxylic acids is 4. The summed E-state index contributed by atoms with van der Waals surface area (Å²) in [6, 6.07) is 3.26. The largest absolute Gasteiger partial charge is 0.478 e. The number of carboxylic acids is 1. The van der Waals surface area contributed by atoms with Crippen molar-refractivity contribution in [3.8, 4) is 0 Å². The molecule has 11 heteroatoms.